The van der Waals surface area contributed by atoms with Crippen molar-refractivity contribution < 1.29 is 0 Å². The van der Waals surface area contributed by atoms with Crippen molar-refractivity contribution in [1.29, 1.82) is 0 Å². The number of para-hydroxylation sites is 2. The Balaban J connectivity index is 1.09. The maximum Gasteiger partial charge on any atom is 0.235 e. The molecule has 13 rings (SSSR count). The first kappa shape index (κ1) is 32.5. The van der Waals surface area contributed by atoms with Crippen molar-refractivity contribution in [2.24, 2.45) is 0 Å². The molecule has 0 saturated carbocycles. The molecular weight excluding hydrogens is 717 g/mol. The Bertz CT molecular complexity index is 3770. The SMILES string of the molecule is CC1(C)c2ccccc2-c2cc(-c3nc(-n4c5ccc(-n6c7ccccc7c7cc8ccccc8cc76)cc5c5c6ccccc6ccc54)nc4ccccc34)ccc21. The highest BCUT2D eigenvalue weighted by molar-refractivity contribution is 6.22. The molecule has 3 heterocycles. The number of fused-ring (bicyclic) bond motifs is 13. The predicted molar refractivity (Wildman–Crippen MR) is 246 cm³/mol. The van der Waals surface area contributed by atoms with Gasteiger partial charge in [0.2, 0.25) is 5.95 Å². The van der Waals surface area contributed by atoms with E-state index in [9.17, 15) is 0 Å². The molecule has 0 spiro atoms. The zero-order valence-electron chi connectivity index (χ0n) is 32.6. The van der Waals surface area contributed by atoms with Crippen LogP contribution in [0.1, 0.15) is 25.0 Å². The fourth-order valence-corrected chi connectivity index (χ4v) is 10.3. The molecule has 1 aliphatic rings. The molecule has 0 unspecified atom stereocenters. The Hall–Kier alpha value is -7.56. The highest BCUT2D eigenvalue weighted by Crippen LogP contribution is 2.50. The number of nitrogens with zero attached hydrogens (tertiary/aromatic N) is 4. The molecule has 0 N–H and O–H groups in total. The van der Waals surface area contributed by atoms with Crippen LogP contribution < -0.4 is 0 Å². The average Bonchev–Trinajstić information content (AvgIpc) is 3.87. The fourth-order valence-electron chi connectivity index (χ4n) is 10.3. The molecule has 4 heteroatoms. The second kappa shape index (κ2) is 11.7. The van der Waals surface area contributed by atoms with Gasteiger partial charge in [0, 0.05) is 43.6 Å². The average molecular weight is 753 g/mol. The van der Waals surface area contributed by atoms with E-state index < -0.39 is 0 Å². The van der Waals surface area contributed by atoms with Crippen LogP contribution >= 0.6 is 0 Å². The molecule has 3 aromatic heterocycles. The van der Waals surface area contributed by atoms with Gasteiger partial charge < -0.3 is 4.57 Å². The zero-order valence-corrected chi connectivity index (χ0v) is 32.6. The van der Waals surface area contributed by atoms with Crippen LogP contribution in [0.2, 0.25) is 0 Å². The smallest absolute Gasteiger partial charge is 0.235 e. The lowest BCUT2D eigenvalue weighted by Crippen LogP contribution is -2.14. The summed E-state index contributed by atoms with van der Waals surface area (Å²) in [6, 6.07) is 66.4. The lowest BCUT2D eigenvalue weighted by atomic mass is 9.82. The van der Waals surface area contributed by atoms with Crippen molar-refractivity contribution in [3.63, 3.8) is 0 Å². The second-order valence-corrected chi connectivity index (χ2v) is 16.6. The summed E-state index contributed by atoms with van der Waals surface area (Å²) in [4.78, 5) is 10.9. The summed E-state index contributed by atoms with van der Waals surface area (Å²) in [5.41, 5.74) is 13.8. The molecule has 0 fully saturated rings. The quantitative estimate of drug-likeness (QED) is 0.180. The van der Waals surface area contributed by atoms with Gasteiger partial charge in [0.1, 0.15) is 0 Å². The van der Waals surface area contributed by atoms with Crippen LogP contribution in [-0.4, -0.2) is 19.1 Å². The van der Waals surface area contributed by atoms with Gasteiger partial charge in [-0.05, 0) is 98.4 Å². The van der Waals surface area contributed by atoms with Gasteiger partial charge in [-0.3, -0.25) is 4.57 Å². The van der Waals surface area contributed by atoms with E-state index in [4.69, 9.17) is 9.97 Å². The Morgan fingerprint density at radius 1 is 0.407 bits per heavy atom. The first-order valence-corrected chi connectivity index (χ1v) is 20.4. The number of hydrogen-bond donors (Lipinski definition) is 0. The van der Waals surface area contributed by atoms with Gasteiger partial charge in [0.15, 0.2) is 0 Å². The predicted octanol–water partition coefficient (Wildman–Crippen LogP) is 14.1. The molecule has 0 radical (unpaired) electrons. The van der Waals surface area contributed by atoms with Gasteiger partial charge >= 0.3 is 0 Å². The fraction of sp³-hybridized carbons (Fsp3) is 0.0545. The van der Waals surface area contributed by atoms with Crippen molar-refractivity contribution in [3.05, 3.63) is 193 Å². The normalized spacial score (nSPS) is 13.4. The second-order valence-electron chi connectivity index (χ2n) is 16.6. The minimum atomic E-state index is -0.0685. The monoisotopic (exact) mass is 752 g/mol. The van der Waals surface area contributed by atoms with E-state index in [0.29, 0.717) is 5.95 Å². The standard InChI is InChI=1S/C55H36N4/c1-55(2)45-20-10-7-17-39(45)42-30-36(23-26-46(42)55)53-41-19-8-11-21-47(41)56-54(57-53)59-49-28-25-37(32-44(49)52-38-16-6-5-13-33(38)24-27-50(52)59)58-48-22-12-9-18-40(48)43-29-34-14-3-4-15-35(34)31-51(43)58/h3-32H,1-2H3. The number of benzene rings is 9. The van der Waals surface area contributed by atoms with E-state index >= 15 is 0 Å². The van der Waals surface area contributed by atoms with Crippen LogP contribution in [0.25, 0.3) is 110 Å². The number of aromatic nitrogens is 4. The van der Waals surface area contributed by atoms with E-state index in [1.54, 1.807) is 0 Å². The summed E-state index contributed by atoms with van der Waals surface area (Å²) < 4.78 is 4.71. The Labute approximate surface area is 340 Å². The summed E-state index contributed by atoms with van der Waals surface area (Å²) in [7, 11) is 0. The number of hydrogen-bond acceptors (Lipinski definition) is 2. The van der Waals surface area contributed by atoms with Gasteiger partial charge in [-0.1, -0.05) is 141 Å². The maximum absolute atomic E-state index is 5.54. The molecule has 0 bridgehead atoms. The van der Waals surface area contributed by atoms with Crippen LogP contribution in [0, 0.1) is 0 Å². The lowest BCUT2D eigenvalue weighted by Gasteiger charge is -2.21. The molecule has 59 heavy (non-hydrogen) atoms. The molecular formula is C55H36N4. The maximum atomic E-state index is 5.54. The topological polar surface area (TPSA) is 35.6 Å². The first-order chi connectivity index (χ1) is 29.0. The van der Waals surface area contributed by atoms with Crippen LogP contribution in [0.5, 0.6) is 0 Å². The minimum Gasteiger partial charge on any atom is -0.309 e. The Morgan fingerprint density at radius 2 is 1.08 bits per heavy atom. The van der Waals surface area contributed by atoms with E-state index in [1.807, 2.05) is 0 Å². The van der Waals surface area contributed by atoms with E-state index in [-0.39, 0.29) is 5.41 Å². The van der Waals surface area contributed by atoms with Crippen molar-refractivity contribution in [3.8, 4) is 34.0 Å². The van der Waals surface area contributed by atoms with Crippen molar-refractivity contribution in [1.82, 2.24) is 19.1 Å². The summed E-state index contributed by atoms with van der Waals surface area (Å²) >= 11 is 0. The minimum absolute atomic E-state index is 0.0685. The first-order valence-electron chi connectivity index (χ1n) is 20.4. The van der Waals surface area contributed by atoms with Crippen LogP contribution in [0.4, 0.5) is 0 Å². The highest BCUT2D eigenvalue weighted by Gasteiger charge is 2.35. The van der Waals surface area contributed by atoms with E-state index in [2.05, 4.69) is 205 Å². The summed E-state index contributed by atoms with van der Waals surface area (Å²) in [6.07, 6.45) is 0. The lowest BCUT2D eigenvalue weighted by molar-refractivity contribution is 0.660. The number of rotatable bonds is 3. The van der Waals surface area contributed by atoms with Crippen LogP contribution in [0.3, 0.4) is 0 Å². The zero-order chi connectivity index (χ0) is 39.0. The van der Waals surface area contributed by atoms with Crippen LogP contribution in [0.15, 0.2) is 182 Å². The molecule has 0 atom stereocenters. The largest absolute Gasteiger partial charge is 0.309 e. The van der Waals surface area contributed by atoms with Gasteiger partial charge in [-0.15, -0.1) is 0 Å². The van der Waals surface area contributed by atoms with Crippen LogP contribution in [-0.2, 0) is 5.41 Å². The van der Waals surface area contributed by atoms with Gasteiger partial charge in [-0.25, -0.2) is 9.97 Å². The van der Waals surface area contributed by atoms with Crippen molar-refractivity contribution in [2.45, 2.75) is 19.3 Å². The molecule has 12 aromatic rings. The molecule has 276 valence electrons. The third-order valence-corrected chi connectivity index (χ3v) is 13.1. The third-order valence-electron chi connectivity index (χ3n) is 13.1. The molecule has 1 aliphatic carbocycles. The van der Waals surface area contributed by atoms with Crippen molar-refractivity contribution >= 4 is 76.1 Å². The Morgan fingerprint density at radius 3 is 1.97 bits per heavy atom. The Kier molecular flexibility index (Phi) is 6.48. The van der Waals surface area contributed by atoms with E-state index in [1.165, 1.54) is 71.0 Å². The molecule has 0 amide bonds. The summed E-state index contributed by atoms with van der Waals surface area (Å²) in [5, 5.41) is 10.8. The molecule has 4 nitrogen and oxygen atoms in total. The summed E-state index contributed by atoms with van der Waals surface area (Å²) in [6.45, 7) is 4.66. The highest BCUT2D eigenvalue weighted by atomic mass is 15.2. The van der Waals surface area contributed by atoms with E-state index in [0.717, 1.165) is 44.3 Å². The van der Waals surface area contributed by atoms with Gasteiger partial charge in [-0.2, -0.15) is 0 Å². The van der Waals surface area contributed by atoms with Gasteiger partial charge in [0.25, 0.3) is 0 Å². The molecule has 0 aliphatic heterocycles. The van der Waals surface area contributed by atoms with Crippen molar-refractivity contribution in [2.75, 3.05) is 0 Å². The molecule has 0 saturated heterocycles. The third kappa shape index (κ3) is 4.49. The summed E-state index contributed by atoms with van der Waals surface area (Å²) in [5.74, 6) is 0.659. The molecule has 9 aromatic carbocycles. The van der Waals surface area contributed by atoms with Gasteiger partial charge in [0.05, 0.1) is 33.3 Å².